The average molecular weight is 195 g/mol. The van der Waals surface area contributed by atoms with Crippen LogP contribution in [0.25, 0.3) is 0 Å². The maximum atomic E-state index is 5.61. The lowest BCUT2D eigenvalue weighted by Gasteiger charge is -2.34. The van der Waals surface area contributed by atoms with Crippen molar-refractivity contribution in [3.63, 3.8) is 0 Å². The third-order valence-electron chi connectivity index (χ3n) is 2.30. The Kier molecular flexibility index (Phi) is 2.49. The lowest BCUT2D eigenvalue weighted by atomic mass is 10.1. The molecule has 2 heterocycles. The van der Waals surface area contributed by atoms with Crippen LogP contribution in [0, 0.1) is 0 Å². The van der Waals surface area contributed by atoms with E-state index in [4.69, 9.17) is 9.47 Å². The number of nitrogens with zero attached hydrogens (tertiary/aromatic N) is 2. The molecular weight excluding hydrogens is 182 g/mol. The first-order chi connectivity index (χ1) is 6.79. The highest BCUT2D eigenvalue weighted by atomic mass is 16.5. The predicted octanol–water partition coefficient (Wildman–Crippen LogP) is 0.224. The lowest BCUT2D eigenvalue weighted by molar-refractivity contribution is 0.0885. The van der Waals surface area contributed by atoms with Gasteiger partial charge in [0.1, 0.15) is 12.4 Å². The summed E-state index contributed by atoms with van der Waals surface area (Å²) >= 11 is 0. The molecule has 0 aromatic carbocycles. The molecule has 0 spiro atoms. The predicted molar refractivity (Wildman–Crippen MR) is 50.5 cm³/mol. The van der Waals surface area contributed by atoms with Crippen molar-refractivity contribution >= 4 is 0 Å². The minimum Gasteiger partial charge on any atom is -0.481 e. The van der Waals surface area contributed by atoms with E-state index < -0.39 is 0 Å². The van der Waals surface area contributed by atoms with Crippen LogP contribution in [-0.2, 0) is 0 Å². The van der Waals surface area contributed by atoms with Gasteiger partial charge in [-0.15, -0.1) is 0 Å². The highest BCUT2D eigenvalue weighted by Gasteiger charge is 2.28. The number of ether oxygens (including phenoxy) is 2. The van der Waals surface area contributed by atoms with Crippen LogP contribution in [0.2, 0.25) is 0 Å². The second kappa shape index (κ2) is 3.79. The molecule has 2 rings (SSSR count). The average Bonchev–Trinajstić information content (AvgIpc) is 2.24. The van der Waals surface area contributed by atoms with Crippen LogP contribution >= 0.6 is 0 Å². The van der Waals surface area contributed by atoms with E-state index >= 15 is 0 Å². The summed E-state index contributed by atoms with van der Waals surface area (Å²) < 4.78 is 10.6. The van der Waals surface area contributed by atoms with Gasteiger partial charge in [-0.1, -0.05) is 0 Å². The van der Waals surface area contributed by atoms with E-state index in [0.717, 1.165) is 6.54 Å². The minimum absolute atomic E-state index is 0.203. The largest absolute Gasteiger partial charge is 0.481 e. The van der Waals surface area contributed by atoms with E-state index in [1.165, 1.54) is 6.33 Å². The lowest BCUT2D eigenvalue weighted by Crippen LogP contribution is -2.58. The molecule has 5 heteroatoms. The van der Waals surface area contributed by atoms with Crippen LogP contribution in [0.4, 0.5) is 0 Å². The van der Waals surface area contributed by atoms with Crippen molar-refractivity contribution in [2.75, 3.05) is 13.7 Å². The molecule has 1 aliphatic rings. The Bertz CT molecular complexity index is 319. The maximum Gasteiger partial charge on any atom is 0.220 e. The Labute approximate surface area is 82.5 Å². The molecule has 0 radical (unpaired) electrons. The van der Waals surface area contributed by atoms with Crippen molar-refractivity contribution in [2.24, 2.45) is 0 Å². The molecule has 1 fully saturated rings. The highest BCUT2D eigenvalue weighted by Crippen LogP contribution is 2.17. The van der Waals surface area contributed by atoms with Crippen LogP contribution in [0.1, 0.15) is 6.92 Å². The van der Waals surface area contributed by atoms with E-state index in [2.05, 4.69) is 22.2 Å². The molecule has 1 saturated heterocycles. The van der Waals surface area contributed by atoms with Crippen LogP contribution < -0.4 is 14.8 Å². The smallest absolute Gasteiger partial charge is 0.220 e. The van der Waals surface area contributed by atoms with Gasteiger partial charge >= 0.3 is 0 Å². The van der Waals surface area contributed by atoms with E-state index in [9.17, 15) is 0 Å². The molecule has 0 saturated carbocycles. The standard InChI is InChI=1S/C9H13N3O2/c1-6-7(4-10-6)14-9-3-8(13-2)11-5-12-9/h3,5-7,10H,4H2,1-2H3/t6-,7+/m1/s1. The summed E-state index contributed by atoms with van der Waals surface area (Å²) in [7, 11) is 1.57. The molecule has 0 bridgehead atoms. The molecule has 5 nitrogen and oxygen atoms in total. The van der Waals surface area contributed by atoms with E-state index in [1.54, 1.807) is 13.2 Å². The van der Waals surface area contributed by atoms with Gasteiger partial charge in [-0.2, -0.15) is 0 Å². The molecule has 1 aliphatic heterocycles. The van der Waals surface area contributed by atoms with Crippen molar-refractivity contribution in [2.45, 2.75) is 19.1 Å². The first kappa shape index (κ1) is 9.21. The Balaban J connectivity index is 2.01. The van der Waals surface area contributed by atoms with Gasteiger partial charge in [0.05, 0.1) is 13.2 Å². The Morgan fingerprint density at radius 2 is 2.21 bits per heavy atom. The van der Waals surface area contributed by atoms with Crippen molar-refractivity contribution in [3.8, 4) is 11.8 Å². The van der Waals surface area contributed by atoms with Crippen molar-refractivity contribution < 1.29 is 9.47 Å². The maximum absolute atomic E-state index is 5.61. The van der Waals surface area contributed by atoms with Gasteiger partial charge in [-0.3, -0.25) is 0 Å². The first-order valence-corrected chi connectivity index (χ1v) is 4.55. The SMILES string of the molecule is COc1cc(O[C@H]2CN[C@@H]2C)ncn1. The quantitative estimate of drug-likeness (QED) is 0.748. The van der Waals surface area contributed by atoms with Gasteiger partial charge in [0.2, 0.25) is 11.8 Å². The van der Waals surface area contributed by atoms with Gasteiger partial charge in [0.15, 0.2) is 0 Å². The van der Waals surface area contributed by atoms with Crippen molar-refractivity contribution in [1.29, 1.82) is 0 Å². The summed E-state index contributed by atoms with van der Waals surface area (Å²) in [5.41, 5.74) is 0. The highest BCUT2D eigenvalue weighted by molar-refractivity contribution is 5.18. The minimum atomic E-state index is 0.203. The zero-order chi connectivity index (χ0) is 9.97. The number of rotatable bonds is 3. The van der Waals surface area contributed by atoms with Crippen LogP contribution in [0.15, 0.2) is 12.4 Å². The van der Waals surface area contributed by atoms with Crippen molar-refractivity contribution in [1.82, 2.24) is 15.3 Å². The summed E-state index contributed by atoms with van der Waals surface area (Å²) in [4.78, 5) is 7.90. The fraction of sp³-hybridized carbons (Fsp3) is 0.556. The van der Waals surface area contributed by atoms with E-state index in [1.807, 2.05) is 0 Å². The molecule has 2 atom stereocenters. The number of methoxy groups -OCH3 is 1. The van der Waals surface area contributed by atoms with Gasteiger partial charge in [0.25, 0.3) is 0 Å². The molecular formula is C9H13N3O2. The third kappa shape index (κ3) is 1.77. The molecule has 1 N–H and O–H groups in total. The molecule has 0 amide bonds. The van der Waals surface area contributed by atoms with Gasteiger partial charge < -0.3 is 14.8 Å². The van der Waals surface area contributed by atoms with Crippen molar-refractivity contribution in [3.05, 3.63) is 12.4 Å². The fourth-order valence-electron chi connectivity index (χ4n) is 1.25. The number of nitrogens with one attached hydrogen (secondary N) is 1. The monoisotopic (exact) mass is 195 g/mol. The molecule has 14 heavy (non-hydrogen) atoms. The molecule has 1 aromatic rings. The van der Waals surface area contributed by atoms with Gasteiger partial charge in [0, 0.05) is 12.6 Å². The molecule has 0 aliphatic carbocycles. The molecule has 1 aromatic heterocycles. The number of aromatic nitrogens is 2. The Morgan fingerprint density at radius 1 is 1.43 bits per heavy atom. The summed E-state index contributed by atoms with van der Waals surface area (Å²) in [5.74, 6) is 1.09. The molecule has 76 valence electrons. The zero-order valence-electron chi connectivity index (χ0n) is 8.23. The normalized spacial score (nSPS) is 25.3. The molecule has 0 unspecified atom stereocenters. The third-order valence-corrected chi connectivity index (χ3v) is 2.30. The zero-order valence-corrected chi connectivity index (χ0v) is 8.23. The summed E-state index contributed by atoms with van der Waals surface area (Å²) in [6, 6.07) is 2.07. The summed E-state index contributed by atoms with van der Waals surface area (Å²) in [5, 5.41) is 3.21. The fourth-order valence-corrected chi connectivity index (χ4v) is 1.25. The second-order valence-corrected chi connectivity index (χ2v) is 3.25. The summed E-state index contributed by atoms with van der Waals surface area (Å²) in [6.45, 7) is 2.94. The van der Waals surface area contributed by atoms with Gasteiger partial charge in [-0.05, 0) is 6.92 Å². The van der Waals surface area contributed by atoms with E-state index in [-0.39, 0.29) is 6.10 Å². The van der Waals surface area contributed by atoms with Crippen LogP contribution in [-0.4, -0.2) is 35.8 Å². The first-order valence-electron chi connectivity index (χ1n) is 4.55. The van der Waals surface area contributed by atoms with Crippen LogP contribution in [0.3, 0.4) is 0 Å². The van der Waals surface area contributed by atoms with Crippen LogP contribution in [0.5, 0.6) is 11.8 Å². The van der Waals surface area contributed by atoms with Gasteiger partial charge in [-0.25, -0.2) is 9.97 Å². The number of hydrogen-bond donors (Lipinski definition) is 1. The Hall–Kier alpha value is -1.36. The summed E-state index contributed by atoms with van der Waals surface area (Å²) in [6.07, 6.45) is 1.64. The number of hydrogen-bond acceptors (Lipinski definition) is 5. The Morgan fingerprint density at radius 3 is 2.79 bits per heavy atom. The topological polar surface area (TPSA) is 56.3 Å². The van der Waals surface area contributed by atoms with E-state index in [0.29, 0.717) is 17.8 Å². The second-order valence-electron chi connectivity index (χ2n) is 3.25.